The van der Waals surface area contributed by atoms with Crippen molar-refractivity contribution < 1.29 is 22.7 Å². The maximum Gasteiger partial charge on any atom is 0.308 e. The minimum atomic E-state index is -3.67. The standard InChI is InChI=1S/C24H29ClN2O5S/c1-16(2)32-23(28)15-22(19-8-4-5-9-21(19)25)26-24(29)20-14-18(11-10-17(20)3)33(30,31)27-12-6-7-13-27/h4-5,8-11,14,16,22H,6-7,12-13,15H2,1-3H3,(H,26,29). The van der Waals surface area contributed by atoms with Gasteiger partial charge in [-0.2, -0.15) is 4.31 Å². The minimum absolute atomic E-state index is 0.0775. The monoisotopic (exact) mass is 492 g/mol. The van der Waals surface area contributed by atoms with E-state index < -0.39 is 27.9 Å². The zero-order valence-electron chi connectivity index (χ0n) is 19.0. The summed E-state index contributed by atoms with van der Waals surface area (Å²) in [6.45, 7) is 6.18. The van der Waals surface area contributed by atoms with Crippen LogP contribution in [-0.4, -0.2) is 43.8 Å². The van der Waals surface area contributed by atoms with Gasteiger partial charge in [-0.15, -0.1) is 0 Å². The molecule has 1 saturated heterocycles. The Balaban J connectivity index is 1.90. The van der Waals surface area contributed by atoms with Gasteiger partial charge >= 0.3 is 5.97 Å². The van der Waals surface area contributed by atoms with Gasteiger partial charge in [-0.05, 0) is 62.9 Å². The molecule has 33 heavy (non-hydrogen) atoms. The normalized spacial score (nSPS) is 15.4. The van der Waals surface area contributed by atoms with Crippen molar-refractivity contribution in [1.29, 1.82) is 0 Å². The van der Waals surface area contributed by atoms with Crippen molar-refractivity contribution in [3.63, 3.8) is 0 Å². The van der Waals surface area contributed by atoms with E-state index in [4.69, 9.17) is 16.3 Å². The molecule has 1 fully saturated rings. The second kappa shape index (κ2) is 10.7. The minimum Gasteiger partial charge on any atom is -0.463 e. The van der Waals surface area contributed by atoms with Crippen LogP contribution in [0.1, 0.15) is 60.6 Å². The molecule has 1 atom stereocenters. The Morgan fingerprint density at radius 3 is 2.42 bits per heavy atom. The van der Waals surface area contributed by atoms with Crippen LogP contribution >= 0.6 is 11.6 Å². The molecule has 2 aromatic carbocycles. The quantitative estimate of drug-likeness (QED) is 0.556. The number of esters is 1. The van der Waals surface area contributed by atoms with Gasteiger partial charge in [0.15, 0.2) is 0 Å². The number of halogens is 1. The molecule has 3 rings (SSSR count). The molecule has 0 bridgehead atoms. The fourth-order valence-electron chi connectivity index (χ4n) is 3.79. The number of hydrogen-bond donors (Lipinski definition) is 1. The first-order valence-corrected chi connectivity index (χ1v) is 12.8. The lowest BCUT2D eigenvalue weighted by molar-refractivity contribution is -0.147. The van der Waals surface area contributed by atoms with Crippen LogP contribution in [0.25, 0.3) is 0 Å². The molecule has 0 saturated carbocycles. The van der Waals surface area contributed by atoms with E-state index in [2.05, 4.69) is 5.32 Å². The zero-order valence-corrected chi connectivity index (χ0v) is 20.6. The topological polar surface area (TPSA) is 92.8 Å². The number of benzene rings is 2. The summed E-state index contributed by atoms with van der Waals surface area (Å²) in [6, 6.07) is 10.7. The molecular weight excluding hydrogens is 464 g/mol. The molecule has 1 N–H and O–H groups in total. The van der Waals surface area contributed by atoms with Crippen molar-refractivity contribution in [2.75, 3.05) is 13.1 Å². The molecule has 1 unspecified atom stereocenters. The smallest absolute Gasteiger partial charge is 0.308 e. The third kappa shape index (κ3) is 6.13. The molecule has 1 heterocycles. The molecule has 9 heteroatoms. The summed E-state index contributed by atoms with van der Waals surface area (Å²) in [4.78, 5) is 25.7. The lowest BCUT2D eigenvalue weighted by Gasteiger charge is -2.21. The van der Waals surface area contributed by atoms with Gasteiger partial charge < -0.3 is 10.1 Å². The van der Waals surface area contributed by atoms with Crippen molar-refractivity contribution in [2.24, 2.45) is 0 Å². The van der Waals surface area contributed by atoms with Crippen LogP contribution < -0.4 is 5.32 Å². The number of sulfonamides is 1. The maximum atomic E-state index is 13.2. The average Bonchev–Trinajstić information content (AvgIpc) is 3.29. The molecule has 1 amide bonds. The largest absolute Gasteiger partial charge is 0.463 e. The molecule has 0 aliphatic carbocycles. The van der Waals surface area contributed by atoms with E-state index in [-0.39, 0.29) is 23.0 Å². The Morgan fingerprint density at radius 1 is 1.12 bits per heavy atom. The lowest BCUT2D eigenvalue weighted by Crippen LogP contribution is -2.32. The van der Waals surface area contributed by atoms with E-state index in [0.29, 0.717) is 29.2 Å². The average molecular weight is 493 g/mol. The highest BCUT2D eigenvalue weighted by Crippen LogP contribution is 2.27. The Labute approximate surface area is 200 Å². The second-order valence-electron chi connectivity index (χ2n) is 8.38. The number of nitrogens with one attached hydrogen (secondary N) is 1. The summed E-state index contributed by atoms with van der Waals surface area (Å²) in [5.74, 6) is -0.967. The van der Waals surface area contributed by atoms with Gasteiger partial charge in [-0.3, -0.25) is 9.59 Å². The van der Waals surface area contributed by atoms with Gasteiger partial charge in [0.1, 0.15) is 0 Å². The van der Waals surface area contributed by atoms with E-state index in [1.54, 1.807) is 51.1 Å². The highest BCUT2D eigenvalue weighted by Gasteiger charge is 2.29. The highest BCUT2D eigenvalue weighted by molar-refractivity contribution is 7.89. The first-order chi connectivity index (χ1) is 15.6. The number of hydrogen-bond acceptors (Lipinski definition) is 5. The van der Waals surface area contributed by atoms with Crippen LogP contribution in [0.2, 0.25) is 5.02 Å². The highest BCUT2D eigenvalue weighted by atomic mass is 35.5. The first-order valence-electron chi connectivity index (χ1n) is 10.9. The van der Waals surface area contributed by atoms with Crippen LogP contribution in [0.4, 0.5) is 0 Å². The summed E-state index contributed by atoms with van der Waals surface area (Å²) in [5.41, 5.74) is 1.42. The van der Waals surface area contributed by atoms with Crippen LogP contribution in [0.5, 0.6) is 0 Å². The number of amides is 1. The molecule has 0 radical (unpaired) electrons. The second-order valence-corrected chi connectivity index (χ2v) is 10.7. The molecule has 1 aliphatic heterocycles. The van der Waals surface area contributed by atoms with E-state index in [1.807, 2.05) is 0 Å². The predicted octanol–water partition coefficient (Wildman–Crippen LogP) is 4.25. The van der Waals surface area contributed by atoms with Crippen LogP contribution in [0.3, 0.4) is 0 Å². The Hall–Kier alpha value is -2.42. The number of aryl methyl sites for hydroxylation is 1. The predicted molar refractivity (Wildman–Crippen MR) is 127 cm³/mol. The summed E-state index contributed by atoms with van der Waals surface area (Å²) in [5, 5.41) is 3.26. The Kier molecular flexibility index (Phi) is 8.15. The summed E-state index contributed by atoms with van der Waals surface area (Å²) >= 11 is 6.34. The zero-order chi connectivity index (χ0) is 24.2. The van der Waals surface area contributed by atoms with E-state index in [1.165, 1.54) is 16.4 Å². The van der Waals surface area contributed by atoms with Crippen molar-refractivity contribution >= 4 is 33.5 Å². The summed E-state index contributed by atoms with van der Waals surface area (Å²) < 4.78 is 32.6. The Morgan fingerprint density at radius 2 is 1.79 bits per heavy atom. The van der Waals surface area contributed by atoms with Crippen molar-refractivity contribution in [3.8, 4) is 0 Å². The van der Waals surface area contributed by atoms with E-state index in [0.717, 1.165) is 12.8 Å². The van der Waals surface area contributed by atoms with Gasteiger partial charge in [-0.1, -0.05) is 35.9 Å². The third-order valence-corrected chi connectivity index (χ3v) is 7.72. The van der Waals surface area contributed by atoms with Gasteiger partial charge in [0.05, 0.1) is 23.5 Å². The van der Waals surface area contributed by atoms with E-state index in [9.17, 15) is 18.0 Å². The number of nitrogens with zero attached hydrogens (tertiary/aromatic N) is 1. The van der Waals surface area contributed by atoms with Crippen molar-refractivity contribution in [2.45, 2.75) is 57.1 Å². The van der Waals surface area contributed by atoms with Crippen LogP contribution in [0.15, 0.2) is 47.4 Å². The van der Waals surface area contributed by atoms with Gasteiger partial charge in [-0.25, -0.2) is 8.42 Å². The fourth-order valence-corrected chi connectivity index (χ4v) is 5.61. The maximum absolute atomic E-state index is 13.2. The van der Waals surface area contributed by atoms with Crippen LogP contribution in [0, 0.1) is 6.92 Å². The molecule has 2 aromatic rings. The molecule has 1 aliphatic rings. The SMILES string of the molecule is Cc1ccc(S(=O)(=O)N2CCCC2)cc1C(=O)NC(CC(=O)OC(C)C)c1ccccc1Cl. The first kappa shape index (κ1) is 25.2. The fraction of sp³-hybridized carbons (Fsp3) is 0.417. The number of carbonyl (C=O) groups is 2. The number of rotatable bonds is 8. The van der Waals surface area contributed by atoms with Crippen molar-refractivity contribution in [1.82, 2.24) is 9.62 Å². The van der Waals surface area contributed by atoms with Gasteiger partial charge in [0.25, 0.3) is 5.91 Å². The lowest BCUT2D eigenvalue weighted by atomic mass is 10.0. The Bertz CT molecular complexity index is 1130. The van der Waals surface area contributed by atoms with Crippen molar-refractivity contribution in [3.05, 3.63) is 64.2 Å². The van der Waals surface area contributed by atoms with Gasteiger partial charge in [0, 0.05) is 23.7 Å². The third-order valence-electron chi connectivity index (χ3n) is 5.48. The molecule has 178 valence electrons. The molecule has 0 aromatic heterocycles. The van der Waals surface area contributed by atoms with Gasteiger partial charge in [0.2, 0.25) is 10.0 Å². The summed E-state index contributed by atoms with van der Waals surface area (Å²) in [6.07, 6.45) is 1.24. The molecule has 7 nitrogen and oxygen atoms in total. The summed E-state index contributed by atoms with van der Waals surface area (Å²) in [7, 11) is -3.67. The van der Waals surface area contributed by atoms with E-state index >= 15 is 0 Å². The molecule has 0 spiro atoms. The number of ether oxygens (including phenoxy) is 1. The molecular formula is C24H29ClN2O5S. The number of carbonyl (C=O) groups excluding carboxylic acids is 2. The van der Waals surface area contributed by atoms with Crippen LogP contribution in [-0.2, 0) is 19.6 Å².